The molecule has 1 aliphatic rings. The molecular formula is C19H20ClN3O5. The van der Waals surface area contributed by atoms with Crippen molar-refractivity contribution in [3.05, 3.63) is 56.6 Å². The minimum atomic E-state index is -0.538. The first-order chi connectivity index (χ1) is 13.3. The molecule has 2 amide bonds. The van der Waals surface area contributed by atoms with E-state index in [4.69, 9.17) is 21.1 Å². The number of hydrogen-bond donors (Lipinski definition) is 1. The van der Waals surface area contributed by atoms with Crippen LogP contribution in [0.4, 0.5) is 16.2 Å². The van der Waals surface area contributed by atoms with E-state index >= 15 is 0 Å². The molecule has 1 atom stereocenters. The van der Waals surface area contributed by atoms with Crippen LogP contribution in [0.5, 0.6) is 11.5 Å². The van der Waals surface area contributed by atoms with Gasteiger partial charge in [-0.15, -0.1) is 0 Å². The number of rotatable bonds is 4. The van der Waals surface area contributed by atoms with Crippen molar-refractivity contribution in [2.75, 3.05) is 26.1 Å². The van der Waals surface area contributed by atoms with E-state index < -0.39 is 11.0 Å². The first kappa shape index (κ1) is 19.8. The van der Waals surface area contributed by atoms with Gasteiger partial charge >= 0.3 is 6.03 Å². The molecule has 0 saturated carbocycles. The molecule has 3 rings (SSSR count). The summed E-state index contributed by atoms with van der Waals surface area (Å²) in [7, 11) is 3.17. The van der Waals surface area contributed by atoms with Crippen LogP contribution in [0.15, 0.2) is 30.3 Å². The third kappa shape index (κ3) is 3.68. The number of nitro benzene ring substituents is 1. The maximum Gasteiger partial charge on any atom is 0.322 e. The molecule has 0 bridgehead atoms. The number of nitrogens with zero attached hydrogens (tertiary/aromatic N) is 2. The van der Waals surface area contributed by atoms with E-state index in [1.165, 1.54) is 18.2 Å². The van der Waals surface area contributed by atoms with Crippen LogP contribution in [0.1, 0.15) is 24.1 Å². The van der Waals surface area contributed by atoms with E-state index in [1.807, 2.05) is 13.0 Å². The molecule has 1 heterocycles. The fourth-order valence-electron chi connectivity index (χ4n) is 3.40. The standard InChI is InChI=1S/C19H20ClN3O5/c1-11-18-12(8-14(27-2)10-17(18)28-3)6-7-22(11)19(24)21-16-9-13(23(25)26)4-5-15(16)20/h4-5,8-11H,6-7H2,1-3H3,(H,21,24). The summed E-state index contributed by atoms with van der Waals surface area (Å²) in [5.74, 6) is 1.34. The molecule has 8 nitrogen and oxygen atoms in total. The number of anilines is 1. The van der Waals surface area contributed by atoms with E-state index in [0.717, 1.165) is 11.1 Å². The molecule has 1 N–H and O–H groups in total. The maximum atomic E-state index is 12.9. The fourth-order valence-corrected chi connectivity index (χ4v) is 3.57. The molecule has 0 aliphatic carbocycles. The second-order valence-corrected chi connectivity index (χ2v) is 6.78. The predicted molar refractivity (Wildman–Crippen MR) is 105 cm³/mol. The van der Waals surface area contributed by atoms with Crippen molar-refractivity contribution < 1.29 is 19.2 Å². The van der Waals surface area contributed by atoms with Crippen LogP contribution in [-0.4, -0.2) is 36.6 Å². The van der Waals surface area contributed by atoms with Gasteiger partial charge in [-0.25, -0.2) is 4.79 Å². The van der Waals surface area contributed by atoms with Crippen molar-refractivity contribution in [2.24, 2.45) is 0 Å². The summed E-state index contributed by atoms with van der Waals surface area (Å²) in [6.07, 6.45) is 0.628. The zero-order valence-corrected chi connectivity index (χ0v) is 16.4. The molecule has 0 aromatic heterocycles. The largest absolute Gasteiger partial charge is 0.497 e. The van der Waals surface area contributed by atoms with Gasteiger partial charge in [0, 0.05) is 30.3 Å². The summed E-state index contributed by atoms with van der Waals surface area (Å²) in [5, 5.41) is 13.9. The van der Waals surface area contributed by atoms with Gasteiger partial charge in [0.1, 0.15) is 11.5 Å². The molecule has 9 heteroatoms. The SMILES string of the molecule is COc1cc2c(c(OC)c1)C(C)N(C(=O)Nc1cc([N+](=O)[O-])ccc1Cl)CC2. The Morgan fingerprint density at radius 3 is 2.68 bits per heavy atom. The second-order valence-electron chi connectivity index (χ2n) is 6.37. The molecule has 0 fully saturated rings. The Balaban J connectivity index is 1.87. The van der Waals surface area contributed by atoms with Crippen molar-refractivity contribution in [1.82, 2.24) is 4.90 Å². The Labute approximate surface area is 167 Å². The highest BCUT2D eigenvalue weighted by atomic mass is 35.5. The minimum absolute atomic E-state index is 0.148. The molecule has 0 spiro atoms. The third-order valence-corrected chi connectivity index (χ3v) is 5.16. The lowest BCUT2D eigenvalue weighted by molar-refractivity contribution is -0.384. The van der Waals surface area contributed by atoms with Crippen molar-refractivity contribution in [3.63, 3.8) is 0 Å². The quantitative estimate of drug-likeness (QED) is 0.600. The molecule has 0 radical (unpaired) electrons. The summed E-state index contributed by atoms with van der Waals surface area (Å²) >= 11 is 6.09. The molecule has 148 valence electrons. The summed E-state index contributed by atoms with van der Waals surface area (Å²) < 4.78 is 10.8. The molecule has 1 aliphatic heterocycles. The van der Waals surface area contributed by atoms with E-state index in [0.29, 0.717) is 24.5 Å². The number of fused-ring (bicyclic) bond motifs is 1. The third-order valence-electron chi connectivity index (χ3n) is 4.83. The first-order valence-electron chi connectivity index (χ1n) is 8.62. The smallest absolute Gasteiger partial charge is 0.322 e. The summed E-state index contributed by atoms with van der Waals surface area (Å²) in [6, 6.07) is 7.00. The number of benzene rings is 2. The molecule has 28 heavy (non-hydrogen) atoms. The minimum Gasteiger partial charge on any atom is -0.497 e. The Morgan fingerprint density at radius 2 is 2.04 bits per heavy atom. The van der Waals surface area contributed by atoms with Crippen LogP contribution < -0.4 is 14.8 Å². The number of non-ortho nitro benzene ring substituents is 1. The average molecular weight is 406 g/mol. The van der Waals surface area contributed by atoms with Crippen LogP contribution in [0.25, 0.3) is 0 Å². The van der Waals surface area contributed by atoms with Gasteiger partial charge in [-0.05, 0) is 31.0 Å². The Bertz CT molecular complexity index is 917. The highest BCUT2D eigenvalue weighted by Crippen LogP contribution is 2.39. The van der Waals surface area contributed by atoms with Gasteiger partial charge in [0.15, 0.2) is 0 Å². The number of halogens is 1. The number of ether oxygens (including phenoxy) is 2. The number of carbonyl (C=O) groups is 1. The highest BCUT2D eigenvalue weighted by molar-refractivity contribution is 6.33. The number of carbonyl (C=O) groups excluding carboxylic acids is 1. The number of nitro groups is 1. The van der Waals surface area contributed by atoms with Gasteiger partial charge in [-0.1, -0.05) is 11.6 Å². The van der Waals surface area contributed by atoms with Crippen molar-refractivity contribution in [2.45, 2.75) is 19.4 Å². The Morgan fingerprint density at radius 1 is 1.29 bits per heavy atom. The van der Waals surface area contributed by atoms with Crippen LogP contribution in [0.3, 0.4) is 0 Å². The lowest BCUT2D eigenvalue weighted by Crippen LogP contribution is -2.41. The normalized spacial score (nSPS) is 15.6. The molecule has 0 saturated heterocycles. The fraction of sp³-hybridized carbons (Fsp3) is 0.316. The maximum absolute atomic E-state index is 12.9. The summed E-state index contributed by atoms with van der Waals surface area (Å²) in [5.41, 5.74) is 2.02. The number of methoxy groups -OCH3 is 2. The number of hydrogen-bond acceptors (Lipinski definition) is 5. The topological polar surface area (TPSA) is 93.9 Å². The van der Waals surface area contributed by atoms with Gasteiger partial charge in [-0.3, -0.25) is 10.1 Å². The van der Waals surface area contributed by atoms with Crippen molar-refractivity contribution in [3.8, 4) is 11.5 Å². The van der Waals surface area contributed by atoms with Gasteiger partial charge in [-0.2, -0.15) is 0 Å². The lowest BCUT2D eigenvalue weighted by atomic mass is 9.92. The number of nitrogens with one attached hydrogen (secondary N) is 1. The second kappa shape index (κ2) is 7.93. The molecule has 2 aromatic carbocycles. The molecule has 2 aromatic rings. The first-order valence-corrected chi connectivity index (χ1v) is 8.99. The predicted octanol–water partition coefficient (Wildman–Crippen LogP) is 4.42. The van der Waals surface area contributed by atoms with Crippen LogP contribution in [-0.2, 0) is 6.42 Å². The van der Waals surface area contributed by atoms with Crippen molar-refractivity contribution >= 4 is 29.0 Å². The zero-order valence-electron chi connectivity index (χ0n) is 15.7. The Hall–Kier alpha value is -3.00. The van der Waals surface area contributed by atoms with Crippen molar-refractivity contribution in [1.29, 1.82) is 0 Å². The Kier molecular flexibility index (Phi) is 5.60. The van der Waals surface area contributed by atoms with Gasteiger partial charge in [0.25, 0.3) is 5.69 Å². The molecular weight excluding hydrogens is 386 g/mol. The highest BCUT2D eigenvalue weighted by Gasteiger charge is 2.31. The van der Waals surface area contributed by atoms with Gasteiger partial charge < -0.3 is 19.7 Å². The van der Waals surface area contributed by atoms with E-state index in [1.54, 1.807) is 25.2 Å². The van der Waals surface area contributed by atoms with E-state index in [-0.39, 0.29) is 22.4 Å². The van der Waals surface area contributed by atoms with Gasteiger partial charge in [0.2, 0.25) is 0 Å². The zero-order chi connectivity index (χ0) is 20.4. The van der Waals surface area contributed by atoms with E-state index in [9.17, 15) is 14.9 Å². The number of amides is 2. The van der Waals surface area contributed by atoms with Crippen LogP contribution in [0.2, 0.25) is 5.02 Å². The van der Waals surface area contributed by atoms with E-state index in [2.05, 4.69) is 5.32 Å². The number of urea groups is 1. The average Bonchev–Trinajstić information content (AvgIpc) is 2.68. The lowest BCUT2D eigenvalue weighted by Gasteiger charge is -2.36. The summed E-state index contributed by atoms with van der Waals surface area (Å²) in [6.45, 7) is 2.38. The monoisotopic (exact) mass is 405 g/mol. The van der Waals surface area contributed by atoms with Gasteiger partial charge in [0.05, 0.1) is 35.9 Å². The summed E-state index contributed by atoms with van der Waals surface area (Å²) in [4.78, 5) is 25.0. The van der Waals surface area contributed by atoms with Crippen LogP contribution in [0, 0.1) is 10.1 Å². The van der Waals surface area contributed by atoms with Crippen LogP contribution >= 0.6 is 11.6 Å². The molecule has 1 unspecified atom stereocenters.